The van der Waals surface area contributed by atoms with Gasteiger partial charge in [0.05, 0.1) is 0 Å². The minimum atomic E-state index is 0.467. The van der Waals surface area contributed by atoms with E-state index >= 15 is 0 Å². The van der Waals surface area contributed by atoms with E-state index in [9.17, 15) is 0 Å². The molecule has 18 heavy (non-hydrogen) atoms. The molecule has 1 atom stereocenters. The zero-order chi connectivity index (χ0) is 13.0. The molecule has 0 spiro atoms. The zero-order valence-electron chi connectivity index (χ0n) is 11.9. The van der Waals surface area contributed by atoms with Crippen molar-refractivity contribution >= 4 is 5.82 Å². The highest BCUT2D eigenvalue weighted by molar-refractivity contribution is 5.36. The Kier molecular flexibility index (Phi) is 4.20. The Morgan fingerprint density at radius 3 is 2.94 bits per heavy atom. The predicted molar refractivity (Wildman–Crippen MR) is 75.7 cm³/mol. The molecule has 1 aliphatic carbocycles. The summed E-state index contributed by atoms with van der Waals surface area (Å²) >= 11 is 0. The Balaban J connectivity index is 1.98. The first-order chi connectivity index (χ1) is 8.59. The van der Waals surface area contributed by atoms with Crippen molar-refractivity contribution in [3.63, 3.8) is 0 Å². The number of hydrogen-bond acceptors (Lipinski definition) is 3. The van der Waals surface area contributed by atoms with E-state index in [1.54, 1.807) is 6.33 Å². The lowest BCUT2D eigenvalue weighted by Gasteiger charge is -2.35. The van der Waals surface area contributed by atoms with E-state index in [4.69, 9.17) is 0 Å². The monoisotopic (exact) mass is 247 g/mol. The van der Waals surface area contributed by atoms with Crippen LogP contribution in [0.1, 0.15) is 58.6 Å². The number of aromatic nitrogens is 2. The SMILES string of the molecule is CCCc1cc(NC2CCCC(C)(C)C2)ncn1. The van der Waals surface area contributed by atoms with Crippen LogP contribution in [-0.4, -0.2) is 16.0 Å². The van der Waals surface area contributed by atoms with Gasteiger partial charge in [-0.2, -0.15) is 0 Å². The van der Waals surface area contributed by atoms with Gasteiger partial charge in [-0.05, 0) is 31.1 Å². The zero-order valence-corrected chi connectivity index (χ0v) is 11.9. The first-order valence-corrected chi connectivity index (χ1v) is 7.16. The lowest BCUT2D eigenvalue weighted by Crippen LogP contribution is -2.32. The Hall–Kier alpha value is -1.12. The van der Waals surface area contributed by atoms with Crippen molar-refractivity contribution in [3.05, 3.63) is 18.1 Å². The number of nitrogens with one attached hydrogen (secondary N) is 1. The minimum Gasteiger partial charge on any atom is -0.367 e. The summed E-state index contributed by atoms with van der Waals surface area (Å²) < 4.78 is 0. The summed E-state index contributed by atoms with van der Waals surface area (Å²) in [6, 6.07) is 2.67. The van der Waals surface area contributed by atoms with E-state index in [0.717, 1.165) is 24.4 Å². The van der Waals surface area contributed by atoms with Crippen molar-refractivity contribution in [2.75, 3.05) is 5.32 Å². The average Bonchev–Trinajstić information content (AvgIpc) is 2.28. The van der Waals surface area contributed by atoms with Gasteiger partial charge in [-0.25, -0.2) is 9.97 Å². The molecule has 1 aromatic rings. The minimum absolute atomic E-state index is 0.467. The molecule has 0 bridgehead atoms. The van der Waals surface area contributed by atoms with Crippen LogP contribution in [0.3, 0.4) is 0 Å². The van der Waals surface area contributed by atoms with E-state index in [1.807, 2.05) is 0 Å². The van der Waals surface area contributed by atoms with Crippen LogP contribution in [0.2, 0.25) is 0 Å². The topological polar surface area (TPSA) is 37.8 Å². The molecule has 0 saturated heterocycles. The first kappa shape index (κ1) is 13.3. The van der Waals surface area contributed by atoms with Crippen LogP contribution >= 0.6 is 0 Å². The highest BCUT2D eigenvalue weighted by Gasteiger charge is 2.27. The van der Waals surface area contributed by atoms with Crippen molar-refractivity contribution in [1.29, 1.82) is 0 Å². The van der Waals surface area contributed by atoms with E-state index in [0.29, 0.717) is 11.5 Å². The maximum Gasteiger partial charge on any atom is 0.129 e. The van der Waals surface area contributed by atoms with Crippen LogP contribution in [-0.2, 0) is 6.42 Å². The van der Waals surface area contributed by atoms with Gasteiger partial charge in [0.15, 0.2) is 0 Å². The molecule has 3 heteroatoms. The summed E-state index contributed by atoms with van der Waals surface area (Å²) in [5, 5.41) is 3.58. The van der Waals surface area contributed by atoms with Crippen molar-refractivity contribution in [1.82, 2.24) is 9.97 Å². The maximum atomic E-state index is 4.34. The maximum absolute atomic E-state index is 4.34. The molecule has 1 aromatic heterocycles. The van der Waals surface area contributed by atoms with Crippen molar-refractivity contribution in [2.45, 2.75) is 65.3 Å². The molecule has 1 fully saturated rings. The van der Waals surface area contributed by atoms with Crippen LogP contribution in [0.4, 0.5) is 5.82 Å². The molecule has 1 saturated carbocycles. The van der Waals surface area contributed by atoms with Gasteiger partial charge in [0.2, 0.25) is 0 Å². The van der Waals surface area contributed by atoms with E-state index in [2.05, 4.69) is 42.1 Å². The third-order valence-electron chi connectivity index (χ3n) is 3.79. The molecular formula is C15H25N3. The summed E-state index contributed by atoms with van der Waals surface area (Å²) in [4.78, 5) is 8.64. The molecule has 0 aromatic carbocycles. The Morgan fingerprint density at radius 1 is 1.39 bits per heavy atom. The van der Waals surface area contributed by atoms with Gasteiger partial charge < -0.3 is 5.32 Å². The van der Waals surface area contributed by atoms with E-state index in [1.165, 1.54) is 25.7 Å². The van der Waals surface area contributed by atoms with Crippen molar-refractivity contribution in [3.8, 4) is 0 Å². The van der Waals surface area contributed by atoms with Crippen molar-refractivity contribution < 1.29 is 0 Å². The van der Waals surface area contributed by atoms with Gasteiger partial charge in [0.1, 0.15) is 12.1 Å². The molecule has 0 aliphatic heterocycles. The smallest absolute Gasteiger partial charge is 0.129 e. The van der Waals surface area contributed by atoms with Gasteiger partial charge in [0.25, 0.3) is 0 Å². The fourth-order valence-corrected chi connectivity index (χ4v) is 2.90. The highest BCUT2D eigenvalue weighted by atomic mass is 15.0. The molecule has 1 N–H and O–H groups in total. The molecule has 0 amide bonds. The number of aryl methyl sites for hydroxylation is 1. The lowest BCUT2D eigenvalue weighted by atomic mass is 9.75. The summed E-state index contributed by atoms with van der Waals surface area (Å²) in [5.41, 5.74) is 1.61. The van der Waals surface area contributed by atoms with E-state index < -0.39 is 0 Å². The molecule has 1 heterocycles. The number of nitrogens with zero attached hydrogens (tertiary/aromatic N) is 2. The van der Waals surface area contributed by atoms with Crippen LogP contribution in [0.5, 0.6) is 0 Å². The summed E-state index contributed by atoms with van der Waals surface area (Å²) in [5.74, 6) is 0.996. The number of hydrogen-bond donors (Lipinski definition) is 1. The molecule has 1 unspecified atom stereocenters. The highest BCUT2D eigenvalue weighted by Crippen LogP contribution is 2.36. The molecule has 2 rings (SSSR count). The summed E-state index contributed by atoms with van der Waals surface area (Å²) in [6.07, 6.45) is 9.01. The molecule has 100 valence electrons. The Labute approximate surface area is 110 Å². The number of rotatable bonds is 4. The number of anilines is 1. The third-order valence-corrected chi connectivity index (χ3v) is 3.79. The van der Waals surface area contributed by atoms with Crippen LogP contribution in [0.25, 0.3) is 0 Å². The second-order valence-electron chi connectivity index (χ2n) is 6.25. The normalized spacial score (nSPS) is 22.7. The van der Waals surface area contributed by atoms with Gasteiger partial charge in [-0.15, -0.1) is 0 Å². The van der Waals surface area contributed by atoms with Crippen LogP contribution in [0.15, 0.2) is 12.4 Å². The molecule has 0 radical (unpaired) electrons. The van der Waals surface area contributed by atoms with Crippen LogP contribution in [0, 0.1) is 5.41 Å². The van der Waals surface area contributed by atoms with E-state index in [-0.39, 0.29) is 0 Å². The second-order valence-corrected chi connectivity index (χ2v) is 6.25. The largest absolute Gasteiger partial charge is 0.367 e. The standard InChI is InChI=1S/C15H25N3/c1-4-6-12-9-14(17-11-16-12)18-13-7-5-8-15(2,3)10-13/h9,11,13H,4-8,10H2,1-3H3,(H,16,17,18). The Bertz CT molecular complexity index is 387. The molecule has 3 nitrogen and oxygen atoms in total. The Morgan fingerprint density at radius 2 is 2.22 bits per heavy atom. The lowest BCUT2D eigenvalue weighted by molar-refractivity contribution is 0.229. The van der Waals surface area contributed by atoms with Gasteiger partial charge >= 0.3 is 0 Å². The van der Waals surface area contributed by atoms with Crippen molar-refractivity contribution in [2.24, 2.45) is 5.41 Å². The third kappa shape index (κ3) is 3.69. The quantitative estimate of drug-likeness (QED) is 0.879. The van der Waals surface area contributed by atoms with Gasteiger partial charge in [-0.1, -0.05) is 33.6 Å². The van der Waals surface area contributed by atoms with Crippen LogP contribution < -0.4 is 5.32 Å². The van der Waals surface area contributed by atoms with Gasteiger partial charge in [0, 0.05) is 17.8 Å². The average molecular weight is 247 g/mol. The van der Waals surface area contributed by atoms with Gasteiger partial charge in [-0.3, -0.25) is 0 Å². The summed E-state index contributed by atoms with van der Waals surface area (Å²) in [6.45, 7) is 6.91. The fraction of sp³-hybridized carbons (Fsp3) is 0.733. The summed E-state index contributed by atoms with van der Waals surface area (Å²) in [7, 11) is 0. The second kappa shape index (κ2) is 5.68. The predicted octanol–water partition coefficient (Wildman–Crippen LogP) is 3.81. The molecule has 1 aliphatic rings. The fourth-order valence-electron chi connectivity index (χ4n) is 2.90. The molecular weight excluding hydrogens is 222 g/mol. The first-order valence-electron chi connectivity index (χ1n) is 7.16.